The van der Waals surface area contributed by atoms with Crippen LogP contribution >= 0.6 is 23.4 Å². The maximum Gasteiger partial charge on any atom is 0.270 e. The summed E-state index contributed by atoms with van der Waals surface area (Å²) in [6.07, 6.45) is 12.5. The van der Waals surface area contributed by atoms with E-state index in [9.17, 15) is 9.18 Å². The molecule has 1 saturated heterocycles. The van der Waals surface area contributed by atoms with Gasteiger partial charge in [-0.25, -0.2) is 4.98 Å². The van der Waals surface area contributed by atoms with Gasteiger partial charge in [-0.3, -0.25) is 15.5 Å². The first-order valence-corrected chi connectivity index (χ1v) is 12.6. The summed E-state index contributed by atoms with van der Waals surface area (Å²) in [6.45, 7) is 6.25. The average molecular weight is 533 g/mol. The zero-order valence-corrected chi connectivity index (χ0v) is 22.1. The summed E-state index contributed by atoms with van der Waals surface area (Å²) in [6, 6.07) is 0. The number of aliphatic hydroxyl groups is 2. The van der Waals surface area contributed by atoms with E-state index in [1.165, 1.54) is 12.5 Å². The van der Waals surface area contributed by atoms with Crippen LogP contribution in [0.3, 0.4) is 0 Å². The molecule has 0 unspecified atom stereocenters. The number of nitrogens with one attached hydrogen (secondary N) is 3. The fourth-order valence-corrected chi connectivity index (χ4v) is 3.13. The lowest BCUT2D eigenvalue weighted by Gasteiger charge is -2.16. The summed E-state index contributed by atoms with van der Waals surface area (Å²) in [7, 11) is 1.62. The van der Waals surface area contributed by atoms with E-state index in [4.69, 9.17) is 20.2 Å². The van der Waals surface area contributed by atoms with Crippen molar-refractivity contribution in [2.75, 3.05) is 38.7 Å². The number of rotatable bonds is 6. The number of aliphatic hydroxyl groups excluding tert-OH is 2. The number of nitrogens with zero attached hydrogens (tertiary/aromatic N) is 1. The normalized spacial score (nSPS) is 14.9. The molecule has 12 heteroatoms. The number of halogens is 1. The number of anilines is 1. The van der Waals surface area contributed by atoms with Gasteiger partial charge in [-0.1, -0.05) is 35.1 Å². The number of ether oxygens (including phenoxy) is 1. The van der Waals surface area contributed by atoms with Crippen LogP contribution in [-0.2, 0) is 9.53 Å². The maximum absolute atomic E-state index is 12.3. The van der Waals surface area contributed by atoms with Gasteiger partial charge in [0.25, 0.3) is 5.91 Å². The molecule has 3 rings (SSSR count). The van der Waals surface area contributed by atoms with E-state index in [1.807, 2.05) is 25.2 Å². The van der Waals surface area contributed by atoms with Crippen LogP contribution in [0.25, 0.3) is 0 Å². The second-order valence-corrected chi connectivity index (χ2v) is 9.03. The highest BCUT2D eigenvalue weighted by atomic mass is 32.2. The number of methoxy groups -OCH3 is 1. The van der Waals surface area contributed by atoms with Gasteiger partial charge in [0, 0.05) is 37.3 Å². The van der Waals surface area contributed by atoms with Crippen LogP contribution in [0.1, 0.15) is 39.5 Å². The van der Waals surface area contributed by atoms with Gasteiger partial charge < -0.3 is 24.8 Å². The third-order valence-corrected chi connectivity index (χ3v) is 5.44. The van der Waals surface area contributed by atoms with Gasteiger partial charge in [-0.2, -0.15) is 4.39 Å². The van der Waals surface area contributed by atoms with Crippen molar-refractivity contribution >= 4 is 40.1 Å². The molecule has 1 amide bonds. The molecule has 0 saturated carbocycles. The standard InChI is InChI=1S/C8H10OS.C6H6FN3OS.C5H11NO.C4H10O2/c1-7-3-2-4-8(10-9)6-5-7;1-3(8)5(11)10-6-9-2-4(7)12-6;7-5-1-3-6-4-2-5;1-6-4-2-3-5/h2-3,5-6,9H,4H2,1H3;2,8H,1H3,(H,9,10,11);5-7H,1-4H2;5H,2-4H2,1H3. The number of carbonyl (C=O) groups is 1. The van der Waals surface area contributed by atoms with Gasteiger partial charge in [-0.15, -0.1) is 0 Å². The molecule has 1 aliphatic carbocycles. The van der Waals surface area contributed by atoms with Crippen molar-refractivity contribution < 1.29 is 28.7 Å². The van der Waals surface area contributed by atoms with E-state index < -0.39 is 11.0 Å². The molecule has 0 bridgehead atoms. The molecular formula is C23H37FN4O5S2. The Kier molecular flexibility index (Phi) is 20.2. The van der Waals surface area contributed by atoms with Crippen LogP contribution in [0.2, 0.25) is 0 Å². The number of aromatic nitrogens is 1. The Labute approximate surface area is 214 Å². The van der Waals surface area contributed by atoms with Crippen LogP contribution in [0.4, 0.5) is 9.52 Å². The molecule has 6 N–H and O–H groups in total. The largest absolute Gasteiger partial charge is 0.396 e. The molecule has 1 fully saturated rings. The van der Waals surface area contributed by atoms with Gasteiger partial charge in [0.15, 0.2) is 10.3 Å². The monoisotopic (exact) mass is 532 g/mol. The fraction of sp³-hybridized carbons (Fsp3) is 0.522. The van der Waals surface area contributed by atoms with Crippen molar-refractivity contribution in [1.82, 2.24) is 10.3 Å². The molecule has 0 atom stereocenters. The van der Waals surface area contributed by atoms with Crippen LogP contribution in [0, 0.1) is 10.5 Å². The Morgan fingerprint density at radius 1 is 1.40 bits per heavy atom. The second kappa shape index (κ2) is 21.4. The number of amides is 1. The fourth-order valence-electron chi connectivity index (χ4n) is 2.30. The zero-order valence-electron chi connectivity index (χ0n) is 20.4. The predicted molar refractivity (Wildman–Crippen MR) is 142 cm³/mol. The smallest absolute Gasteiger partial charge is 0.270 e. The third-order valence-electron chi connectivity index (χ3n) is 4.20. The van der Waals surface area contributed by atoms with E-state index in [-0.39, 0.29) is 23.6 Å². The third kappa shape index (κ3) is 19.0. The van der Waals surface area contributed by atoms with Gasteiger partial charge in [-0.05, 0) is 58.7 Å². The number of carbonyl (C=O) groups excluding carboxylic acids is 1. The van der Waals surface area contributed by atoms with Crippen LogP contribution < -0.4 is 10.6 Å². The Hall–Kier alpha value is -1.93. The second-order valence-electron chi connectivity index (χ2n) is 7.34. The van der Waals surface area contributed by atoms with Crippen LogP contribution in [0.15, 0.2) is 41.0 Å². The Morgan fingerprint density at radius 3 is 2.51 bits per heavy atom. The summed E-state index contributed by atoms with van der Waals surface area (Å²) >= 11 is 1.55. The Bertz CT molecular complexity index is 821. The lowest BCUT2D eigenvalue weighted by molar-refractivity contribution is -0.110. The minimum absolute atomic E-state index is 0.0266. The maximum atomic E-state index is 12.3. The molecule has 0 radical (unpaired) electrons. The van der Waals surface area contributed by atoms with E-state index in [0.29, 0.717) is 6.61 Å². The number of thiazole rings is 1. The van der Waals surface area contributed by atoms with E-state index >= 15 is 0 Å². The minimum Gasteiger partial charge on any atom is -0.396 e. The Balaban J connectivity index is 0.000000457. The average Bonchev–Trinajstić information content (AvgIpc) is 3.13. The molecule has 2 heterocycles. The molecule has 1 aromatic heterocycles. The zero-order chi connectivity index (χ0) is 26.5. The van der Waals surface area contributed by atoms with Crippen molar-refractivity contribution in [2.45, 2.75) is 45.6 Å². The molecule has 9 nitrogen and oxygen atoms in total. The van der Waals surface area contributed by atoms with Crippen molar-refractivity contribution in [2.24, 2.45) is 0 Å². The molecule has 198 valence electrons. The molecule has 1 aliphatic heterocycles. The number of piperidine rings is 1. The van der Waals surface area contributed by atoms with Gasteiger partial charge >= 0.3 is 0 Å². The summed E-state index contributed by atoms with van der Waals surface area (Å²) in [5.74, 6) is -0.565. The lowest BCUT2D eigenvalue weighted by Crippen LogP contribution is -2.30. The molecule has 35 heavy (non-hydrogen) atoms. The predicted octanol–water partition coefficient (Wildman–Crippen LogP) is 3.99. The first-order chi connectivity index (χ1) is 16.7. The van der Waals surface area contributed by atoms with Gasteiger partial charge in [0.1, 0.15) is 0 Å². The summed E-state index contributed by atoms with van der Waals surface area (Å²) in [5, 5.41) is 29.0. The summed E-state index contributed by atoms with van der Waals surface area (Å²) in [4.78, 5) is 15.4. The highest BCUT2D eigenvalue weighted by Gasteiger charge is 2.07. The number of hydrogen-bond donors (Lipinski definition) is 6. The van der Waals surface area contributed by atoms with Gasteiger partial charge in [0.2, 0.25) is 0 Å². The van der Waals surface area contributed by atoms with Crippen molar-refractivity contribution in [1.29, 1.82) is 5.41 Å². The van der Waals surface area contributed by atoms with Crippen molar-refractivity contribution in [3.63, 3.8) is 0 Å². The quantitative estimate of drug-likeness (QED) is 0.183. The first kappa shape index (κ1) is 33.1. The number of allylic oxidation sites excluding steroid dienone is 6. The molecule has 0 aromatic carbocycles. The van der Waals surface area contributed by atoms with E-state index in [2.05, 4.69) is 26.4 Å². The highest BCUT2D eigenvalue weighted by Crippen LogP contribution is 2.19. The lowest BCUT2D eigenvalue weighted by atomic mass is 10.1. The van der Waals surface area contributed by atoms with E-state index in [1.54, 1.807) is 7.11 Å². The van der Waals surface area contributed by atoms with Crippen molar-refractivity contribution in [3.8, 4) is 0 Å². The SMILES string of the molecule is CC(=N)C(=O)Nc1ncc(F)s1.CC1=CC=C(SO)CC=C1.COCCCO.OC1CCNCC1. The summed E-state index contributed by atoms with van der Waals surface area (Å²) < 4.78 is 25.6. The highest BCUT2D eigenvalue weighted by molar-refractivity contribution is 7.97. The minimum atomic E-state index is -0.565. The molecule has 1 aromatic rings. The van der Waals surface area contributed by atoms with Crippen molar-refractivity contribution in [3.05, 3.63) is 46.1 Å². The van der Waals surface area contributed by atoms with Crippen LogP contribution in [-0.4, -0.2) is 70.9 Å². The number of hydrogen-bond acceptors (Lipinski definition) is 10. The molecular weight excluding hydrogens is 495 g/mol. The Morgan fingerprint density at radius 2 is 2.09 bits per heavy atom. The van der Waals surface area contributed by atoms with Crippen LogP contribution in [0.5, 0.6) is 0 Å². The molecule has 0 spiro atoms. The topological polar surface area (TPSA) is 148 Å². The van der Waals surface area contributed by atoms with E-state index in [0.717, 1.165) is 73.3 Å². The summed E-state index contributed by atoms with van der Waals surface area (Å²) in [5.41, 5.74) is 1.09. The molecule has 2 aliphatic rings. The van der Waals surface area contributed by atoms with Gasteiger partial charge in [0.05, 0.1) is 18.0 Å². The first-order valence-electron chi connectivity index (χ1n) is 11.0.